The van der Waals surface area contributed by atoms with E-state index in [1.807, 2.05) is 19.1 Å². The number of esters is 2. The van der Waals surface area contributed by atoms with Crippen LogP contribution < -0.4 is 0 Å². The summed E-state index contributed by atoms with van der Waals surface area (Å²) >= 11 is 0. The van der Waals surface area contributed by atoms with E-state index in [0.717, 1.165) is 11.1 Å². The number of allylic oxidation sites excluding steroid dienone is 4. The number of ketones is 1. The quantitative estimate of drug-likeness (QED) is 0.454. The SMILES string of the molecule is COC(=O)C1(C(=O)OC)CC2=C(C)C[C@@H](C(C)=O)C=C[C@H]2C1. The molecule has 1 saturated carbocycles. The summed E-state index contributed by atoms with van der Waals surface area (Å²) in [6.07, 6.45) is 5.12. The highest BCUT2D eigenvalue weighted by atomic mass is 16.5. The van der Waals surface area contributed by atoms with Gasteiger partial charge in [-0.3, -0.25) is 14.4 Å². The molecule has 0 saturated heterocycles. The van der Waals surface area contributed by atoms with Gasteiger partial charge in [0.25, 0.3) is 0 Å². The molecule has 0 aromatic heterocycles. The zero-order valence-electron chi connectivity index (χ0n) is 13.5. The summed E-state index contributed by atoms with van der Waals surface area (Å²) in [7, 11) is 2.56. The Bertz CT molecular complexity index is 554. The largest absolute Gasteiger partial charge is 0.468 e. The molecule has 22 heavy (non-hydrogen) atoms. The zero-order valence-corrected chi connectivity index (χ0v) is 13.5. The molecule has 2 atom stereocenters. The monoisotopic (exact) mass is 306 g/mol. The summed E-state index contributed by atoms with van der Waals surface area (Å²) in [5.41, 5.74) is 0.860. The molecule has 5 heteroatoms. The number of carbonyl (C=O) groups is 3. The van der Waals surface area contributed by atoms with Crippen LogP contribution in [0.2, 0.25) is 0 Å². The van der Waals surface area contributed by atoms with E-state index in [-0.39, 0.29) is 17.6 Å². The number of methoxy groups -OCH3 is 2. The van der Waals surface area contributed by atoms with Crippen LogP contribution in [-0.4, -0.2) is 31.9 Å². The van der Waals surface area contributed by atoms with E-state index in [1.165, 1.54) is 14.2 Å². The fraction of sp³-hybridized carbons (Fsp3) is 0.588. The van der Waals surface area contributed by atoms with Crippen molar-refractivity contribution < 1.29 is 23.9 Å². The van der Waals surface area contributed by atoms with E-state index in [2.05, 4.69) is 0 Å². The molecule has 0 bridgehead atoms. The van der Waals surface area contributed by atoms with Gasteiger partial charge in [0.05, 0.1) is 14.2 Å². The first-order valence-corrected chi connectivity index (χ1v) is 7.40. The van der Waals surface area contributed by atoms with E-state index in [0.29, 0.717) is 19.3 Å². The van der Waals surface area contributed by atoms with Gasteiger partial charge in [-0.25, -0.2) is 0 Å². The minimum Gasteiger partial charge on any atom is -0.468 e. The Hall–Kier alpha value is -1.91. The molecule has 0 amide bonds. The summed E-state index contributed by atoms with van der Waals surface area (Å²) in [5, 5.41) is 0. The van der Waals surface area contributed by atoms with Crippen molar-refractivity contribution >= 4 is 17.7 Å². The van der Waals surface area contributed by atoms with Crippen molar-refractivity contribution in [1.82, 2.24) is 0 Å². The average Bonchev–Trinajstić information content (AvgIpc) is 2.83. The molecule has 0 N–H and O–H groups in total. The van der Waals surface area contributed by atoms with Gasteiger partial charge in [0, 0.05) is 5.92 Å². The lowest BCUT2D eigenvalue weighted by Crippen LogP contribution is -2.39. The number of hydrogen-bond acceptors (Lipinski definition) is 5. The third-order valence-electron chi connectivity index (χ3n) is 4.83. The second-order valence-electron chi connectivity index (χ2n) is 6.16. The first-order chi connectivity index (χ1) is 10.4. The highest BCUT2D eigenvalue weighted by Gasteiger charge is 2.55. The maximum atomic E-state index is 12.2. The molecule has 5 nitrogen and oxygen atoms in total. The molecule has 0 aromatic rings. The average molecular weight is 306 g/mol. The molecule has 120 valence electrons. The second kappa shape index (κ2) is 6.07. The van der Waals surface area contributed by atoms with Crippen LogP contribution in [0.4, 0.5) is 0 Å². The zero-order chi connectivity index (χ0) is 16.5. The maximum absolute atomic E-state index is 12.2. The van der Waals surface area contributed by atoms with Crippen molar-refractivity contribution in [3.63, 3.8) is 0 Å². The van der Waals surface area contributed by atoms with E-state index in [1.54, 1.807) is 6.92 Å². The third-order valence-corrected chi connectivity index (χ3v) is 4.83. The molecule has 0 aliphatic heterocycles. The van der Waals surface area contributed by atoms with Crippen molar-refractivity contribution in [1.29, 1.82) is 0 Å². The van der Waals surface area contributed by atoms with E-state index in [4.69, 9.17) is 9.47 Å². The molecular formula is C17H22O5. The van der Waals surface area contributed by atoms with Crippen LogP contribution >= 0.6 is 0 Å². The van der Waals surface area contributed by atoms with Gasteiger partial charge in [0.1, 0.15) is 5.78 Å². The standard InChI is InChI=1S/C17H22O5/c1-10-7-12(11(2)18)5-6-13-8-17(9-14(10)13,15(19)21-3)16(20)22-4/h5-6,12-13H,7-9H2,1-4H3/t12-,13-/m0/s1. The molecule has 2 aliphatic carbocycles. The second-order valence-corrected chi connectivity index (χ2v) is 6.16. The van der Waals surface area contributed by atoms with Gasteiger partial charge >= 0.3 is 11.9 Å². The van der Waals surface area contributed by atoms with Gasteiger partial charge < -0.3 is 9.47 Å². The van der Waals surface area contributed by atoms with Crippen molar-refractivity contribution in [2.24, 2.45) is 17.3 Å². The number of hydrogen-bond donors (Lipinski definition) is 0. The van der Waals surface area contributed by atoms with Gasteiger partial charge in [-0.1, -0.05) is 23.3 Å². The summed E-state index contributed by atoms with van der Waals surface area (Å²) in [6, 6.07) is 0. The Morgan fingerprint density at radius 2 is 1.73 bits per heavy atom. The Kier molecular flexibility index (Phi) is 4.54. The molecule has 0 heterocycles. The number of carbonyl (C=O) groups excluding carboxylic acids is 3. The molecule has 2 rings (SSSR count). The fourth-order valence-electron chi connectivity index (χ4n) is 3.54. The van der Waals surface area contributed by atoms with Gasteiger partial charge in [0.2, 0.25) is 0 Å². The Morgan fingerprint density at radius 1 is 1.14 bits per heavy atom. The summed E-state index contributed by atoms with van der Waals surface area (Å²) in [6.45, 7) is 3.55. The van der Waals surface area contributed by atoms with Gasteiger partial charge in [-0.05, 0) is 39.0 Å². The van der Waals surface area contributed by atoms with Crippen molar-refractivity contribution in [2.45, 2.75) is 33.1 Å². The van der Waals surface area contributed by atoms with Crippen molar-refractivity contribution in [2.75, 3.05) is 14.2 Å². The van der Waals surface area contributed by atoms with Gasteiger partial charge in [-0.2, -0.15) is 0 Å². The van der Waals surface area contributed by atoms with Crippen LogP contribution in [-0.2, 0) is 23.9 Å². The lowest BCUT2D eigenvalue weighted by molar-refractivity contribution is -0.168. The topological polar surface area (TPSA) is 69.7 Å². The van der Waals surface area contributed by atoms with Gasteiger partial charge in [0.15, 0.2) is 5.41 Å². The molecule has 1 fully saturated rings. The molecule has 0 aromatic carbocycles. The number of ether oxygens (including phenoxy) is 2. The van der Waals surface area contributed by atoms with Crippen LogP contribution in [0.1, 0.15) is 33.1 Å². The number of rotatable bonds is 3. The predicted molar refractivity (Wildman–Crippen MR) is 79.8 cm³/mol. The first-order valence-electron chi connectivity index (χ1n) is 7.40. The van der Waals surface area contributed by atoms with Crippen molar-refractivity contribution in [3.05, 3.63) is 23.3 Å². The van der Waals surface area contributed by atoms with Crippen LogP contribution in [0.5, 0.6) is 0 Å². The third kappa shape index (κ3) is 2.60. The number of fused-ring (bicyclic) bond motifs is 1. The fourth-order valence-corrected chi connectivity index (χ4v) is 3.54. The molecule has 2 aliphatic rings. The van der Waals surface area contributed by atoms with Crippen molar-refractivity contribution in [3.8, 4) is 0 Å². The van der Waals surface area contributed by atoms with Crippen LogP contribution in [0.25, 0.3) is 0 Å². The molecule has 0 radical (unpaired) electrons. The Labute approximate surface area is 130 Å². The Balaban J connectivity index is 2.40. The van der Waals surface area contributed by atoms with Crippen LogP contribution in [0.3, 0.4) is 0 Å². The highest BCUT2D eigenvalue weighted by Crippen LogP contribution is 2.50. The molecular weight excluding hydrogens is 284 g/mol. The van der Waals surface area contributed by atoms with E-state index in [9.17, 15) is 14.4 Å². The van der Waals surface area contributed by atoms with Gasteiger partial charge in [-0.15, -0.1) is 0 Å². The first kappa shape index (κ1) is 16.5. The lowest BCUT2D eigenvalue weighted by Gasteiger charge is -2.22. The summed E-state index contributed by atoms with van der Waals surface area (Å²) in [5.74, 6) is -1.12. The highest BCUT2D eigenvalue weighted by molar-refractivity contribution is 6.01. The maximum Gasteiger partial charge on any atom is 0.323 e. The van der Waals surface area contributed by atoms with Crippen LogP contribution in [0, 0.1) is 17.3 Å². The van der Waals surface area contributed by atoms with E-state index >= 15 is 0 Å². The minimum atomic E-state index is -1.27. The van der Waals surface area contributed by atoms with Crippen LogP contribution in [0.15, 0.2) is 23.3 Å². The lowest BCUT2D eigenvalue weighted by atomic mass is 9.84. The minimum absolute atomic E-state index is 0.0254. The smallest absolute Gasteiger partial charge is 0.323 e. The normalized spacial score (nSPS) is 26.2. The summed E-state index contributed by atoms with van der Waals surface area (Å²) < 4.78 is 9.70. The molecule has 0 spiro atoms. The molecule has 0 unspecified atom stereocenters. The predicted octanol–water partition coefficient (Wildman–Crippen LogP) is 2.21. The Morgan fingerprint density at radius 3 is 2.23 bits per heavy atom. The summed E-state index contributed by atoms with van der Waals surface area (Å²) in [4.78, 5) is 36.1. The van der Waals surface area contributed by atoms with E-state index < -0.39 is 17.4 Å². The number of Topliss-reactive ketones (excluding diaryl/α,β-unsaturated/α-hetero) is 1.